The third kappa shape index (κ3) is 9.25. The number of furan rings is 1. The molecule has 0 N–H and O–H groups in total. The highest BCUT2D eigenvalue weighted by Gasteiger charge is 2.48. The number of anilines is 8. The zero-order valence-electron chi connectivity index (χ0n) is 52.8. The summed E-state index contributed by atoms with van der Waals surface area (Å²) >= 11 is 1.89. The first-order valence-corrected chi connectivity index (χ1v) is 31.7. The maximum Gasteiger partial charge on any atom is 0.333 e. The predicted octanol–water partition coefficient (Wildman–Crippen LogP) is 22.3. The Balaban J connectivity index is 1.09. The first-order chi connectivity index (χ1) is 40.8. The molecule has 0 atom stereocenters. The van der Waals surface area contributed by atoms with Crippen LogP contribution in [0.25, 0.3) is 64.4 Å². The molecule has 14 rings (SSSR count). The number of hydrogen-bond acceptors (Lipinski definition) is 5. The number of fused-ring (bicyclic) bond motifs is 11. The van der Waals surface area contributed by atoms with Gasteiger partial charge in [0, 0.05) is 87.4 Å². The lowest BCUT2D eigenvalue weighted by atomic mass is 9.43. The molecular formula is C80H78BN3OS. The van der Waals surface area contributed by atoms with Crippen LogP contribution >= 0.6 is 11.3 Å². The molecule has 0 amide bonds. The Kier molecular flexibility index (Phi) is 12.7. The van der Waals surface area contributed by atoms with E-state index in [1.165, 1.54) is 81.4 Å². The molecule has 6 heteroatoms. The molecule has 2 aliphatic heterocycles. The third-order valence-electron chi connectivity index (χ3n) is 18.4. The van der Waals surface area contributed by atoms with Gasteiger partial charge in [-0.15, -0.1) is 11.3 Å². The summed E-state index contributed by atoms with van der Waals surface area (Å²) in [5.41, 5.74) is 24.6. The third-order valence-corrected chi connectivity index (χ3v) is 19.6. The van der Waals surface area contributed by atoms with Gasteiger partial charge in [0.15, 0.2) is 0 Å². The fraction of sp³-hybridized carbons (Fsp3) is 0.250. The number of benzene rings is 10. The summed E-state index contributed by atoms with van der Waals surface area (Å²) in [7, 11) is 0. The van der Waals surface area contributed by atoms with Crippen LogP contribution in [0.5, 0.6) is 0 Å². The van der Waals surface area contributed by atoms with Gasteiger partial charge in [0.05, 0.1) is 5.69 Å². The number of nitrogens with zero attached hydrogens (tertiary/aromatic N) is 3. The van der Waals surface area contributed by atoms with E-state index in [0.717, 1.165) is 67.2 Å². The molecule has 0 bridgehead atoms. The van der Waals surface area contributed by atoms with Gasteiger partial charge in [0.25, 0.3) is 0 Å². The minimum absolute atomic E-state index is 0.0209. The normalized spacial score (nSPS) is 13.7. The van der Waals surface area contributed by atoms with Gasteiger partial charge in [-0.1, -0.05) is 207 Å². The summed E-state index contributed by atoms with van der Waals surface area (Å²) in [6.45, 7) is 34.4. The average molecular weight is 1140 g/mol. The molecule has 0 radical (unpaired) electrons. The minimum atomic E-state index is -0.227. The first kappa shape index (κ1) is 55.6. The smallest absolute Gasteiger partial charge is 0.333 e. The summed E-state index contributed by atoms with van der Waals surface area (Å²) in [4.78, 5) is 7.74. The molecule has 86 heavy (non-hydrogen) atoms. The molecule has 0 unspecified atom stereocenters. The Labute approximate surface area is 513 Å². The fourth-order valence-corrected chi connectivity index (χ4v) is 14.5. The number of hydrogen-bond donors (Lipinski definition) is 0. The highest BCUT2D eigenvalue weighted by atomic mass is 32.1. The van der Waals surface area contributed by atoms with E-state index in [2.05, 4.69) is 319 Å². The van der Waals surface area contributed by atoms with Crippen LogP contribution < -0.4 is 25.5 Å². The molecule has 0 saturated carbocycles. The number of thiophene rings is 1. The first-order valence-electron chi connectivity index (χ1n) is 30.8. The molecular weight excluding hydrogens is 1060 g/mol. The van der Waals surface area contributed by atoms with E-state index in [9.17, 15) is 0 Å². The van der Waals surface area contributed by atoms with Crippen molar-refractivity contribution in [2.45, 2.75) is 131 Å². The Bertz CT molecular complexity index is 4590. The Morgan fingerprint density at radius 1 is 0.384 bits per heavy atom. The SMILES string of the molecule is CC(C)(C)c1ccc(N2B3c4cc(C(C)(C)C)ccc4N(c4ccc(C(C)(C)C)cc4-c4ccccc4)c4cc5c(oc6ccccc65)c(c43)-c3cc4c(cc32)sc2ccc(N(c3ccc(C(C)(C)C)cc3)c3ccc(C(C)(C)C)cc3)cc24)cc1. The zero-order valence-corrected chi connectivity index (χ0v) is 53.6. The van der Waals surface area contributed by atoms with E-state index < -0.39 is 0 Å². The molecule has 4 nitrogen and oxygen atoms in total. The number of rotatable bonds is 6. The summed E-state index contributed by atoms with van der Waals surface area (Å²) in [6, 6.07) is 76.7. The van der Waals surface area contributed by atoms with E-state index in [-0.39, 0.29) is 33.9 Å². The van der Waals surface area contributed by atoms with Crippen LogP contribution in [0.15, 0.2) is 205 Å². The average Bonchev–Trinajstić information content (AvgIpc) is 1.24. The van der Waals surface area contributed by atoms with Crippen LogP contribution in [0.2, 0.25) is 0 Å². The van der Waals surface area contributed by atoms with Gasteiger partial charge >= 0.3 is 6.85 Å². The second kappa shape index (κ2) is 19.6. The van der Waals surface area contributed by atoms with Crippen molar-refractivity contribution in [1.82, 2.24) is 0 Å². The molecule has 0 spiro atoms. The van der Waals surface area contributed by atoms with Gasteiger partial charge in [0.1, 0.15) is 11.2 Å². The molecule has 0 fully saturated rings. The van der Waals surface area contributed by atoms with Gasteiger partial charge in [-0.05, 0) is 168 Å². The summed E-state index contributed by atoms with van der Waals surface area (Å²) in [6.07, 6.45) is 0. The van der Waals surface area contributed by atoms with Gasteiger partial charge in [-0.2, -0.15) is 0 Å². The van der Waals surface area contributed by atoms with Gasteiger partial charge < -0.3 is 19.0 Å². The van der Waals surface area contributed by atoms with Crippen molar-refractivity contribution in [3.8, 4) is 22.3 Å². The van der Waals surface area contributed by atoms with Crippen molar-refractivity contribution in [3.05, 3.63) is 228 Å². The van der Waals surface area contributed by atoms with Crippen LogP contribution in [-0.4, -0.2) is 6.85 Å². The highest BCUT2D eigenvalue weighted by Crippen LogP contribution is 2.55. The van der Waals surface area contributed by atoms with Crippen molar-refractivity contribution in [2.75, 3.05) is 14.6 Å². The second-order valence-corrected chi connectivity index (χ2v) is 30.6. The largest absolute Gasteiger partial charge is 0.455 e. The van der Waals surface area contributed by atoms with E-state index in [1.54, 1.807) is 0 Å². The monoisotopic (exact) mass is 1140 g/mol. The van der Waals surface area contributed by atoms with Crippen LogP contribution in [-0.2, 0) is 27.1 Å². The Hall–Kier alpha value is -8.32. The van der Waals surface area contributed by atoms with Gasteiger partial charge in [-0.3, -0.25) is 0 Å². The van der Waals surface area contributed by atoms with E-state index in [0.29, 0.717) is 0 Å². The minimum Gasteiger partial charge on any atom is -0.455 e. The molecule has 10 aromatic carbocycles. The summed E-state index contributed by atoms with van der Waals surface area (Å²) < 4.78 is 9.87. The fourth-order valence-electron chi connectivity index (χ4n) is 13.4. The van der Waals surface area contributed by atoms with Gasteiger partial charge in [-0.25, -0.2) is 0 Å². The molecule has 0 aliphatic carbocycles. The maximum absolute atomic E-state index is 7.37. The molecule has 0 saturated heterocycles. The second-order valence-electron chi connectivity index (χ2n) is 29.5. The maximum atomic E-state index is 7.37. The molecule has 4 heterocycles. The van der Waals surface area contributed by atoms with Crippen molar-refractivity contribution in [1.29, 1.82) is 0 Å². The van der Waals surface area contributed by atoms with Crippen LogP contribution in [0.1, 0.15) is 132 Å². The topological polar surface area (TPSA) is 22.9 Å². The lowest BCUT2D eigenvalue weighted by molar-refractivity contribution is 0.590. The standard InChI is InChI=1S/C80H78BN3OS/c1-76(2,3)50-25-33-55(34-26-50)82(56-35-27-51(28-36-56)77(4,5)6)58-39-42-71-61(45-58)62-46-64-68(48-72(62)86-71)84(57-37-29-52(30-38-57)78(7,8)9)81-65-44-54(80(13,14)15)32-41-67(65)83(66-40-31-53(79(10,11)12)43-60(66)49-21-17-16-18-22-49)69-47-63-59-23-19-20-24-70(59)85-75(63)73(64)74(69)81/h16-48H,1-15H3. The lowest BCUT2D eigenvalue weighted by Gasteiger charge is -2.46. The quantitative estimate of drug-likeness (QED) is 0.155. The molecule has 12 aromatic rings. The number of para-hydroxylation sites is 1. The summed E-state index contributed by atoms with van der Waals surface area (Å²) in [5.74, 6) is 0. The molecule has 2 aromatic heterocycles. The van der Waals surface area contributed by atoms with E-state index >= 15 is 0 Å². The van der Waals surface area contributed by atoms with Crippen molar-refractivity contribution < 1.29 is 4.42 Å². The van der Waals surface area contributed by atoms with Crippen LogP contribution in [0, 0.1) is 0 Å². The van der Waals surface area contributed by atoms with E-state index in [4.69, 9.17) is 4.42 Å². The van der Waals surface area contributed by atoms with Crippen LogP contribution in [0.4, 0.5) is 45.5 Å². The van der Waals surface area contributed by atoms with Crippen molar-refractivity contribution in [2.24, 2.45) is 0 Å². The molecule has 2 aliphatic rings. The highest BCUT2D eigenvalue weighted by molar-refractivity contribution is 7.25. The lowest BCUT2D eigenvalue weighted by Crippen LogP contribution is -2.61. The molecule has 428 valence electrons. The van der Waals surface area contributed by atoms with Crippen molar-refractivity contribution in [3.63, 3.8) is 0 Å². The predicted molar refractivity (Wildman–Crippen MR) is 374 cm³/mol. The Morgan fingerprint density at radius 2 is 0.907 bits per heavy atom. The van der Waals surface area contributed by atoms with Crippen LogP contribution in [0.3, 0.4) is 0 Å². The van der Waals surface area contributed by atoms with Gasteiger partial charge in [0.2, 0.25) is 0 Å². The summed E-state index contributed by atoms with van der Waals surface area (Å²) in [5, 5.41) is 4.68. The van der Waals surface area contributed by atoms with Crippen molar-refractivity contribution >= 4 is 117 Å². The zero-order chi connectivity index (χ0) is 60.1. The van der Waals surface area contributed by atoms with E-state index in [1.807, 2.05) is 11.3 Å². The Morgan fingerprint density at radius 3 is 1.51 bits per heavy atom.